The highest BCUT2D eigenvalue weighted by Gasteiger charge is 2.30. The van der Waals surface area contributed by atoms with Crippen LogP contribution in [-0.2, 0) is 17.4 Å². The van der Waals surface area contributed by atoms with Crippen LogP contribution in [0.1, 0.15) is 46.0 Å². The summed E-state index contributed by atoms with van der Waals surface area (Å²) < 4.78 is 51.1. The number of carboxylic acids is 1. The Hall–Kier alpha value is -4.07. The van der Waals surface area contributed by atoms with Gasteiger partial charge in [0.2, 0.25) is 5.89 Å². The SMILES string of the molecule is Cc1cc(OCC(c2ccccc2)c2oc(-c3ccc(C(F)(F)F)cc3)nc2C)ccc1CCC(=O)O. The first-order chi connectivity index (χ1) is 17.6. The molecule has 1 unspecified atom stereocenters. The van der Waals surface area contributed by atoms with Crippen molar-refractivity contribution in [2.45, 2.75) is 38.8 Å². The zero-order valence-corrected chi connectivity index (χ0v) is 20.4. The average molecular weight is 510 g/mol. The van der Waals surface area contributed by atoms with E-state index in [1.54, 1.807) is 6.92 Å². The van der Waals surface area contributed by atoms with Crippen LogP contribution in [0, 0.1) is 13.8 Å². The smallest absolute Gasteiger partial charge is 0.416 e. The first-order valence-electron chi connectivity index (χ1n) is 11.8. The van der Waals surface area contributed by atoms with Gasteiger partial charge >= 0.3 is 12.1 Å². The molecule has 0 fully saturated rings. The van der Waals surface area contributed by atoms with Gasteiger partial charge in [-0.2, -0.15) is 13.2 Å². The van der Waals surface area contributed by atoms with Gasteiger partial charge in [-0.3, -0.25) is 4.79 Å². The Morgan fingerprint density at radius 2 is 1.73 bits per heavy atom. The van der Waals surface area contributed by atoms with Crippen LogP contribution in [-0.4, -0.2) is 22.7 Å². The third-order valence-corrected chi connectivity index (χ3v) is 6.15. The number of ether oxygens (including phenoxy) is 1. The highest BCUT2D eigenvalue weighted by atomic mass is 19.4. The molecule has 0 saturated carbocycles. The van der Waals surface area contributed by atoms with Crippen LogP contribution < -0.4 is 4.74 Å². The minimum atomic E-state index is -4.42. The molecule has 5 nitrogen and oxygen atoms in total. The molecule has 0 saturated heterocycles. The lowest BCUT2D eigenvalue weighted by Crippen LogP contribution is -2.12. The molecule has 1 N–H and O–H groups in total. The van der Waals surface area contributed by atoms with Crippen molar-refractivity contribution in [1.82, 2.24) is 4.98 Å². The van der Waals surface area contributed by atoms with E-state index in [0.29, 0.717) is 29.2 Å². The van der Waals surface area contributed by atoms with Gasteiger partial charge < -0.3 is 14.3 Å². The molecule has 0 aliphatic carbocycles. The molecular weight excluding hydrogens is 483 g/mol. The Morgan fingerprint density at radius 1 is 1.03 bits per heavy atom. The topological polar surface area (TPSA) is 72.6 Å². The summed E-state index contributed by atoms with van der Waals surface area (Å²) in [5.41, 5.74) is 3.15. The lowest BCUT2D eigenvalue weighted by molar-refractivity contribution is -0.138. The molecule has 8 heteroatoms. The van der Waals surface area contributed by atoms with E-state index in [2.05, 4.69) is 4.98 Å². The maximum absolute atomic E-state index is 12.9. The maximum atomic E-state index is 12.9. The molecule has 37 heavy (non-hydrogen) atoms. The standard InChI is InChI=1S/C29H26F3NO4/c1-18-16-24(14-10-20(18)11-15-26(34)35)36-17-25(21-6-4-3-5-7-21)27-19(2)33-28(37-27)22-8-12-23(13-9-22)29(30,31)32/h3-10,12-14,16,25H,11,15,17H2,1-2H3,(H,34,35). The number of carboxylic acid groups (broad SMARTS) is 1. The van der Waals surface area contributed by atoms with Crippen LogP contribution in [0.15, 0.2) is 77.2 Å². The normalized spacial score (nSPS) is 12.4. The van der Waals surface area contributed by atoms with E-state index in [1.807, 2.05) is 55.5 Å². The molecule has 4 rings (SSSR count). The van der Waals surface area contributed by atoms with E-state index in [9.17, 15) is 18.0 Å². The number of hydrogen-bond acceptors (Lipinski definition) is 4. The van der Waals surface area contributed by atoms with Crippen molar-refractivity contribution in [2.75, 3.05) is 6.61 Å². The molecule has 3 aromatic carbocycles. The number of hydrogen-bond donors (Lipinski definition) is 1. The summed E-state index contributed by atoms with van der Waals surface area (Å²) in [4.78, 5) is 15.4. The molecule has 192 valence electrons. The number of carbonyl (C=O) groups is 1. The number of oxazole rings is 1. The first-order valence-corrected chi connectivity index (χ1v) is 11.8. The summed E-state index contributed by atoms with van der Waals surface area (Å²) in [6, 6.07) is 19.9. The molecule has 1 atom stereocenters. The molecule has 4 aromatic rings. The third-order valence-electron chi connectivity index (χ3n) is 6.15. The van der Waals surface area contributed by atoms with Crippen LogP contribution in [0.4, 0.5) is 13.2 Å². The van der Waals surface area contributed by atoms with Crippen LogP contribution in [0.5, 0.6) is 5.75 Å². The van der Waals surface area contributed by atoms with Crippen molar-refractivity contribution < 1.29 is 32.2 Å². The van der Waals surface area contributed by atoms with Gasteiger partial charge in [0.1, 0.15) is 18.1 Å². The van der Waals surface area contributed by atoms with E-state index >= 15 is 0 Å². The van der Waals surface area contributed by atoms with Crippen molar-refractivity contribution >= 4 is 5.97 Å². The zero-order chi connectivity index (χ0) is 26.6. The Morgan fingerprint density at radius 3 is 2.35 bits per heavy atom. The molecule has 0 amide bonds. The minimum absolute atomic E-state index is 0.0587. The van der Waals surface area contributed by atoms with Gasteiger partial charge in [0.05, 0.1) is 17.2 Å². The van der Waals surface area contributed by atoms with Gasteiger partial charge in [-0.15, -0.1) is 0 Å². The summed E-state index contributed by atoms with van der Waals surface area (Å²) in [5.74, 6) is 0.279. The van der Waals surface area contributed by atoms with Crippen molar-refractivity contribution in [3.8, 4) is 17.2 Å². The second kappa shape index (κ2) is 10.9. The summed E-state index contributed by atoms with van der Waals surface area (Å²) in [7, 11) is 0. The van der Waals surface area contributed by atoms with Gasteiger partial charge in [-0.1, -0.05) is 36.4 Å². The molecule has 0 aliphatic rings. The number of alkyl halides is 3. The number of nitrogens with zero attached hydrogens (tertiary/aromatic N) is 1. The van der Waals surface area contributed by atoms with Crippen LogP contribution in [0.3, 0.4) is 0 Å². The number of aliphatic carboxylic acids is 1. The lowest BCUT2D eigenvalue weighted by Gasteiger charge is -2.17. The van der Waals surface area contributed by atoms with E-state index in [1.165, 1.54) is 12.1 Å². The lowest BCUT2D eigenvalue weighted by atomic mass is 9.96. The second-order valence-corrected chi connectivity index (χ2v) is 8.80. The summed E-state index contributed by atoms with van der Waals surface area (Å²) in [5, 5.41) is 8.94. The van der Waals surface area contributed by atoms with E-state index < -0.39 is 17.7 Å². The fourth-order valence-electron chi connectivity index (χ4n) is 4.13. The van der Waals surface area contributed by atoms with Gasteiger partial charge in [0, 0.05) is 12.0 Å². The summed E-state index contributed by atoms with van der Waals surface area (Å²) >= 11 is 0. The number of aryl methyl sites for hydroxylation is 3. The number of aromatic nitrogens is 1. The van der Waals surface area contributed by atoms with Gasteiger partial charge in [-0.25, -0.2) is 4.98 Å². The van der Waals surface area contributed by atoms with Crippen LogP contribution in [0.2, 0.25) is 0 Å². The largest absolute Gasteiger partial charge is 0.492 e. The van der Waals surface area contributed by atoms with E-state index in [0.717, 1.165) is 28.8 Å². The number of halogens is 3. The summed E-state index contributed by atoms with van der Waals surface area (Å²) in [6.07, 6.45) is -3.92. The molecule has 0 radical (unpaired) electrons. The van der Waals surface area contributed by atoms with Crippen molar-refractivity contribution in [1.29, 1.82) is 0 Å². The number of rotatable bonds is 9. The predicted molar refractivity (Wildman–Crippen MR) is 133 cm³/mol. The molecule has 1 heterocycles. The quantitative estimate of drug-likeness (QED) is 0.258. The maximum Gasteiger partial charge on any atom is 0.416 e. The highest BCUT2D eigenvalue weighted by molar-refractivity contribution is 5.67. The zero-order valence-electron chi connectivity index (χ0n) is 20.4. The monoisotopic (exact) mass is 509 g/mol. The predicted octanol–water partition coefficient (Wildman–Crippen LogP) is 7.21. The number of benzene rings is 3. The Labute approximate surface area is 212 Å². The molecule has 0 bridgehead atoms. The Balaban J connectivity index is 1.58. The average Bonchev–Trinajstić information content (AvgIpc) is 3.25. The molecule has 1 aromatic heterocycles. The van der Waals surface area contributed by atoms with E-state index in [4.69, 9.17) is 14.3 Å². The van der Waals surface area contributed by atoms with Gasteiger partial charge in [0.25, 0.3) is 0 Å². The van der Waals surface area contributed by atoms with Crippen LogP contribution >= 0.6 is 0 Å². The molecule has 0 aliphatic heterocycles. The van der Waals surface area contributed by atoms with Crippen molar-refractivity contribution in [3.63, 3.8) is 0 Å². The molecular formula is C29H26F3NO4. The summed E-state index contributed by atoms with van der Waals surface area (Å²) in [6.45, 7) is 3.94. The first kappa shape index (κ1) is 26.0. The fourth-order valence-corrected chi connectivity index (χ4v) is 4.13. The highest BCUT2D eigenvalue weighted by Crippen LogP contribution is 2.34. The van der Waals surface area contributed by atoms with Crippen LogP contribution in [0.25, 0.3) is 11.5 Å². The molecule has 0 spiro atoms. The second-order valence-electron chi connectivity index (χ2n) is 8.80. The van der Waals surface area contributed by atoms with Gasteiger partial charge in [0.15, 0.2) is 0 Å². The third kappa shape index (κ3) is 6.39. The Kier molecular flexibility index (Phi) is 7.66. The minimum Gasteiger partial charge on any atom is -0.492 e. The Bertz CT molecular complexity index is 1360. The fraction of sp³-hybridized carbons (Fsp3) is 0.241. The van der Waals surface area contributed by atoms with Gasteiger partial charge in [-0.05, 0) is 73.4 Å². The van der Waals surface area contributed by atoms with Crippen molar-refractivity contribution in [3.05, 3.63) is 107 Å². The van der Waals surface area contributed by atoms with Crippen molar-refractivity contribution in [2.24, 2.45) is 0 Å². The van der Waals surface area contributed by atoms with E-state index in [-0.39, 0.29) is 24.8 Å².